The van der Waals surface area contributed by atoms with Gasteiger partial charge >= 0.3 is 11.9 Å². The van der Waals surface area contributed by atoms with Crippen molar-refractivity contribution in [3.8, 4) is 0 Å². The molecule has 0 aliphatic rings. The molecule has 0 radical (unpaired) electrons. The SMILES string of the molecule is CC/C=C\C/C=C\C/C=C\C/C=C\C/C=C\C/C=C\C/C=C\CCCCCCCC(=O)OC(COC(=O)CCCCCCCCCCCCCCCCCCCCCCCCCCCCCCCC)COP(=O)([O-])OCC[N+](C)(C)C. The van der Waals surface area contributed by atoms with Gasteiger partial charge in [0.2, 0.25) is 0 Å². The van der Waals surface area contributed by atoms with Crippen LogP contribution >= 0.6 is 7.82 Å². The van der Waals surface area contributed by atoms with E-state index in [-0.39, 0.29) is 32.0 Å². The Hall–Kier alpha value is -2.81. The second-order valence-electron chi connectivity index (χ2n) is 23.8. The van der Waals surface area contributed by atoms with Crippen LogP contribution < -0.4 is 4.89 Å². The van der Waals surface area contributed by atoms with Crippen molar-refractivity contribution < 1.29 is 42.1 Å². The molecular weight excluding hydrogens is 1030 g/mol. The average molecular weight is 1150 g/mol. The van der Waals surface area contributed by atoms with Crippen LogP contribution in [0.3, 0.4) is 0 Å². The summed E-state index contributed by atoms with van der Waals surface area (Å²) in [6, 6.07) is 0. The third kappa shape index (κ3) is 66.2. The molecule has 0 amide bonds. The van der Waals surface area contributed by atoms with E-state index in [4.69, 9.17) is 18.5 Å². The van der Waals surface area contributed by atoms with E-state index < -0.39 is 26.5 Å². The molecule has 81 heavy (non-hydrogen) atoms. The van der Waals surface area contributed by atoms with Gasteiger partial charge in [0.25, 0.3) is 7.82 Å². The number of unbranched alkanes of at least 4 members (excludes halogenated alkanes) is 34. The minimum atomic E-state index is -4.65. The fourth-order valence-corrected chi connectivity index (χ4v) is 10.3. The number of phosphoric acid groups is 1. The van der Waals surface area contributed by atoms with Crippen LogP contribution in [-0.2, 0) is 32.7 Å². The molecule has 0 rings (SSSR count). The van der Waals surface area contributed by atoms with Crippen molar-refractivity contribution in [3.63, 3.8) is 0 Å². The Morgan fingerprint density at radius 2 is 0.704 bits per heavy atom. The number of hydrogen-bond donors (Lipinski definition) is 0. The average Bonchev–Trinajstić information content (AvgIpc) is 3.43. The van der Waals surface area contributed by atoms with Gasteiger partial charge in [-0.15, -0.1) is 0 Å². The molecule has 0 saturated heterocycles. The van der Waals surface area contributed by atoms with Crippen molar-refractivity contribution in [2.45, 2.75) is 309 Å². The van der Waals surface area contributed by atoms with Crippen LogP contribution in [0.2, 0.25) is 0 Å². The number of carbonyl (C=O) groups is 2. The third-order valence-electron chi connectivity index (χ3n) is 14.7. The van der Waals surface area contributed by atoms with Crippen molar-refractivity contribution in [2.24, 2.45) is 0 Å². The van der Waals surface area contributed by atoms with Crippen LogP contribution in [0, 0.1) is 0 Å². The molecule has 9 nitrogen and oxygen atoms in total. The van der Waals surface area contributed by atoms with Gasteiger partial charge in [0.1, 0.15) is 19.8 Å². The Bertz CT molecular complexity index is 1640. The zero-order chi connectivity index (χ0) is 59.1. The molecule has 0 N–H and O–H groups in total. The number of allylic oxidation sites excluding steroid dienone is 14. The van der Waals surface area contributed by atoms with Gasteiger partial charge in [-0.2, -0.15) is 0 Å². The molecule has 470 valence electrons. The van der Waals surface area contributed by atoms with Crippen LogP contribution in [0.4, 0.5) is 0 Å². The van der Waals surface area contributed by atoms with Crippen LogP contribution in [0.5, 0.6) is 0 Å². The minimum Gasteiger partial charge on any atom is -0.756 e. The molecule has 2 unspecified atom stereocenters. The van der Waals surface area contributed by atoms with Gasteiger partial charge in [0.05, 0.1) is 27.7 Å². The maximum absolute atomic E-state index is 12.8. The molecule has 0 aromatic rings. The Morgan fingerprint density at radius 1 is 0.395 bits per heavy atom. The van der Waals surface area contributed by atoms with Crippen molar-refractivity contribution in [1.82, 2.24) is 0 Å². The highest BCUT2D eigenvalue weighted by Crippen LogP contribution is 2.38. The van der Waals surface area contributed by atoms with Crippen molar-refractivity contribution >= 4 is 19.8 Å². The number of likely N-dealkylation sites (N-methyl/N-ethyl adjacent to an activating group) is 1. The number of hydrogen-bond acceptors (Lipinski definition) is 8. The van der Waals surface area contributed by atoms with Crippen molar-refractivity contribution in [3.05, 3.63) is 85.1 Å². The minimum absolute atomic E-state index is 0.0377. The molecule has 0 fully saturated rings. The summed E-state index contributed by atoms with van der Waals surface area (Å²) in [5, 5.41) is 0. The number of rotatable bonds is 62. The van der Waals surface area contributed by atoms with Crippen molar-refractivity contribution in [2.75, 3.05) is 47.5 Å². The normalized spacial score (nSPS) is 13.7. The predicted molar refractivity (Wildman–Crippen MR) is 346 cm³/mol. The number of quaternary nitrogens is 1. The number of ether oxygens (including phenoxy) is 2. The molecule has 0 aromatic heterocycles. The van der Waals surface area contributed by atoms with Crippen molar-refractivity contribution in [1.29, 1.82) is 0 Å². The topological polar surface area (TPSA) is 111 Å². The first-order valence-corrected chi connectivity index (χ1v) is 35.3. The lowest BCUT2D eigenvalue weighted by atomic mass is 10.0. The monoisotopic (exact) mass is 1150 g/mol. The van der Waals surface area contributed by atoms with Gasteiger partial charge < -0.3 is 27.9 Å². The second-order valence-corrected chi connectivity index (χ2v) is 25.2. The van der Waals surface area contributed by atoms with Crippen LogP contribution in [0.1, 0.15) is 303 Å². The number of esters is 2. The van der Waals surface area contributed by atoms with E-state index in [2.05, 4.69) is 98.9 Å². The highest BCUT2D eigenvalue weighted by Gasteiger charge is 2.22. The zero-order valence-electron chi connectivity index (χ0n) is 53.5. The van der Waals surface area contributed by atoms with Gasteiger partial charge in [0, 0.05) is 12.8 Å². The van der Waals surface area contributed by atoms with Gasteiger partial charge in [-0.05, 0) is 70.6 Å². The summed E-state index contributed by atoms with van der Waals surface area (Å²) in [6.07, 6.45) is 83.8. The smallest absolute Gasteiger partial charge is 0.306 e. The largest absolute Gasteiger partial charge is 0.756 e. The Kier molecular flexibility index (Phi) is 59.6. The standard InChI is InChI=1S/C71H128NO8P/c1-6-8-10-12-14-16-18-20-22-24-26-28-30-32-34-35-36-38-39-41-43-45-47-49-51-53-55-57-59-61-63-70(73)77-67-69(68-79-81(75,76)78-66-65-72(3,4)5)80-71(74)64-62-60-58-56-54-52-50-48-46-44-42-40-37-33-31-29-27-25-23-21-19-17-15-13-11-9-7-2/h9,11,15,17,21,23,27,29,33,37,42,44,48,50,69H,6-8,10,12-14,16,18-20,22,24-26,28,30-32,34-36,38-41,43,45-47,49,51-68H2,1-5H3/b11-9-,17-15-,23-21-,29-27-,37-33-,44-42-,50-48-. The van der Waals surface area contributed by atoms with E-state index >= 15 is 0 Å². The zero-order valence-corrected chi connectivity index (χ0v) is 54.4. The molecule has 0 spiro atoms. The number of carbonyl (C=O) groups excluding carboxylic acids is 2. The predicted octanol–water partition coefficient (Wildman–Crippen LogP) is 21.1. The maximum atomic E-state index is 12.8. The van der Waals surface area contributed by atoms with E-state index in [1.54, 1.807) is 0 Å². The molecule has 0 heterocycles. The van der Waals surface area contributed by atoms with E-state index in [9.17, 15) is 19.0 Å². The fourth-order valence-electron chi connectivity index (χ4n) is 9.52. The summed E-state index contributed by atoms with van der Waals surface area (Å²) in [4.78, 5) is 38.0. The highest BCUT2D eigenvalue weighted by molar-refractivity contribution is 7.45. The van der Waals surface area contributed by atoms with Gasteiger partial charge in [0.15, 0.2) is 6.10 Å². The quantitative estimate of drug-likeness (QED) is 0.0195. The maximum Gasteiger partial charge on any atom is 0.306 e. The van der Waals surface area contributed by atoms with E-state index in [0.29, 0.717) is 17.4 Å². The molecule has 10 heteroatoms. The first kappa shape index (κ1) is 78.2. The first-order valence-electron chi connectivity index (χ1n) is 33.8. The Balaban J connectivity index is 4.10. The fraction of sp³-hybridized carbons (Fsp3) is 0.775. The van der Waals surface area contributed by atoms with Gasteiger partial charge in [-0.1, -0.05) is 304 Å². The summed E-state index contributed by atoms with van der Waals surface area (Å²) in [5.41, 5.74) is 0. The molecule has 0 aliphatic heterocycles. The van der Waals surface area contributed by atoms with Gasteiger partial charge in [-0.25, -0.2) is 0 Å². The summed E-state index contributed by atoms with van der Waals surface area (Å²) < 4.78 is 34.3. The number of nitrogens with zero attached hydrogens (tertiary/aromatic N) is 1. The summed E-state index contributed by atoms with van der Waals surface area (Å²) in [5.74, 6) is -0.848. The highest BCUT2D eigenvalue weighted by atomic mass is 31.2. The lowest BCUT2D eigenvalue weighted by molar-refractivity contribution is -0.870. The number of phosphoric ester groups is 1. The molecular formula is C71H128NO8P. The van der Waals surface area contributed by atoms with Crippen LogP contribution in [-0.4, -0.2) is 70.0 Å². The third-order valence-corrected chi connectivity index (χ3v) is 15.6. The first-order chi connectivity index (χ1) is 39.5. The van der Waals surface area contributed by atoms with E-state index in [1.807, 2.05) is 21.1 Å². The summed E-state index contributed by atoms with van der Waals surface area (Å²) in [7, 11) is 1.15. The molecule has 0 bridgehead atoms. The lowest BCUT2D eigenvalue weighted by Crippen LogP contribution is -2.37. The molecule has 0 aromatic carbocycles. The van der Waals surface area contributed by atoms with Crippen LogP contribution in [0.15, 0.2) is 85.1 Å². The molecule has 0 aliphatic carbocycles. The van der Waals surface area contributed by atoms with E-state index in [1.165, 1.54) is 173 Å². The molecule has 0 saturated carbocycles. The Morgan fingerprint density at radius 3 is 1.05 bits per heavy atom. The Labute approximate surface area is 501 Å². The second kappa shape index (κ2) is 61.7. The van der Waals surface area contributed by atoms with E-state index in [0.717, 1.165) is 96.3 Å². The van der Waals surface area contributed by atoms with Crippen LogP contribution in [0.25, 0.3) is 0 Å². The summed E-state index contributed by atoms with van der Waals surface area (Å²) >= 11 is 0. The molecule has 2 atom stereocenters. The summed E-state index contributed by atoms with van der Waals surface area (Å²) in [6.45, 7) is 4.14. The van der Waals surface area contributed by atoms with Gasteiger partial charge in [-0.3, -0.25) is 14.2 Å². The lowest BCUT2D eigenvalue weighted by Gasteiger charge is -2.28.